The minimum absolute atomic E-state index is 0.0851. The fourth-order valence-corrected chi connectivity index (χ4v) is 5.67. The number of rotatable bonds is 5. The second-order valence-corrected chi connectivity index (χ2v) is 11.3. The van der Waals surface area contributed by atoms with Crippen molar-refractivity contribution < 1.29 is 14.3 Å². The Morgan fingerprint density at radius 3 is 2.62 bits per heavy atom. The van der Waals surface area contributed by atoms with E-state index in [9.17, 15) is 9.59 Å². The SMILES string of the molecule is CC(=O)N1CCN(c2cccc(-c3cc(-c4cnn(CC5(C)COC5)c4)c4c(N)ncnn34)c2)C(=O)C1(C)C. The van der Waals surface area contributed by atoms with Gasteiger partial charge < -0.3 is 20.3 Å². The minimum atomic E-state index is -0.931. The monoisotopic (exact) mass is 528 g/mol. The Kier molecular flexibility index (Phi) is 5.72. The van der Waals surface area contributed by atoms with Crippen LogP contribution in [0.15, 0.2) is 49.1 Å². The molecule has 11 nitrogen and oxygen atoms in total. The van der Waals surface area contributed by atoms with Gasteiger partial charge in [-0.15, -0.1) is 0 Å². The molecule has 6 rings (SSSR count). The number of carbonyl (C=O) groups is 2. The first-order valence-electron chi connectivity index (χ1n) is 13.0. The minimum Gasteiger partial charge on any atom is -0.382 e. The molecule has 0 bridgehead atoms. The molecule has 3 aromatic heterocycles. The van der Waals surface area contributed by atoms with E-state index in [0.29, 0.717) is 24.4 Å². The summed E-state index contributed by atoms with van der Waals surface area (Å²) in [4.78, 5) is 33.2. The molecule has 2 N–H and O–H groups in total. The number of anilines is 2. The van der Waals surface area contributed by atoms with Gasteiger partial charge in [0.2, 0.25) is 5.91 Å². The van der Waals surface area contributed by atoms with Crippen molar-refractivity contribution in [2.45, 2.75) is 39.8 Å². The summed E-state index contributed by atoms with van der Waals surface area (Å²) in [7, 11) is 0. The molecule has 0 aliphatic carbocycles. The number of benzene rings is 1. The highest BCUT2D eigenvalue weighted by Gasteiger charge is 2.43. The molecular weight excluding hydrogens is 496 g/mol. The van der Waals surface area contributed by atoms with E-state index >= 15 is 0 Å². The van der Waals surface area contributed by atoms with E-state index in [1.165, 1.54) is 13.3 Å². The van der Waals surface area contributed by atoms with Crippen molar-refractivity contribution in [3.63, 3.8) is 0 Å². The quantitative estimate of drug-likeness (QED) is 0.422. The number of fused-ring (bicyclic) bond motifs is 1. The normalized spacial score (nSPS) is 18.4. The number of piperazine rings is 1. The van der Waals surface area contributed by atoms with Gasteiger partial charge in [0.05, 0.1) is 31.6 Å². The van der Waals surface area contributed by atoms with E-state index in [1.807, 2.05) is 47.4 Å². The standard InChI is InChI=1S/C28H32N8O3/c1-18(37)35-9-8-34(26(38)27(35,2)3)21-7-5-6-19(10-21)23-11-22(24-25(29)30-17-32-36(23)24)20-12-31-33(13-20)14-28(4)15-39-16-28/h5-7,10-13,17H,8-9,14-16H2,1-4H3,(H2,29,30,32). The molecule has 2 amide bonds. The highest BCUT2D eigenvalue weighted by Crippen LogP contribution is 2.37. The van der Waals surface area contributed by atoms with Gasteiger partial charge in [0.15, 0.2) is 5.82 Å². The number of nitrogen functional groups attached to an aromatic ring is 1. The van der Waals surface area contributed by atoms with Crippen molar-refractivity contribution in [3.05, 3.63) is 49.1 Å². The van der Waals surface area contributed by atoms with E-state index in [0.717, 1.165) is 47.8 Å². The molecule has 2 fully saturated rings. The average molecular weight is 529 g/mol. The lowest BCUT2D eigenvalue weighted by molar-refractivity contribution is -0.145. The van der Waals surface area contributed by atoms with Crippen LogP contribution in [0.5, 0.6) is 0 Å². The molecule has 0 saturated carbocycles. The Labute approximate surface area is 226 Å². The molecule has 0 unspecified atom stereocenters. The van der Waals surface area contributed by atoms with Crippen LogP contribution in [-0.4, -0.2) is 72.9 Å². The van der Waals surface area contributed by atoms with Gasteiger partial charge in [-0.05, 0) is 32.0 Å². The van der Waals surface area contributed by atoms with Crippen LogP contribution in [0.4, 0.5) is 11.5 Å². The summed E-state index contributed by atoms with van der Waals surface area (Å²) < 4.78 is 9.12. The highest BCUT2D eigenvalue weighted by atomic mass is 16.5. The third-order valence-electron chi connectivity index (χ3n) is 7.80. The lowest BCUT2D eigenvalue weighted by Crippen LogP contribution is -2.64. The van der Waals surface area contributed by atoms with Crippen LogP contribution in [0.25, 0.3) is 27.9 Å². The zero-order valence-electron chi connectivity index (χ0n) is 22.6. The Bertz CT molecular complexity index is 1600. The number of nitrogens with two attached hydrogens (primary N) is 1. The third-order valence-corrected chi connectivity index (χ3v) is 7.80. The van der Waals surface area contributed by atoms with Crippen LogP contribution in [0, 0.1) is 5.41 Å². The summed E-state index contributed by atoms with van der Waals surface area (Å²) in [6.07, 6.45) is 5.29. The van der Waals surface area contributed by atoms with Crippen LogP contribution < -0.4 is 10.6 Å². The van der Waals surface area contributed by atoms with Crippen LogP contribution in [0.1, 0.15) is 27.7 Å². The Morgan fingerprint density at radius 2 is 1.90 bits per heavy atom. The van der Waals surface area contributed by atoms with Gasteiger partial charge in [-0.25, -0.2) is 9.50 Å². The molecule has 0 atom stereocenters. The van der Waals surface area contributed by atoms with Gasteiger partial charge in [-0.3, -0.25) is 14.3 Å². The first-order valence-corrected chi connectivity index (χ1v) is 13.0. The first-order chi connectivity index (χ1) is 18.6. The van der Waals surface area contributed by atoms with E-state index in [2.05, 4.69) is 22.1 Å². The molecule has 5 heterocycles. The third kappa shape index (κ3) is 4.13. The number of nitrogens with zero attached hydrogens (tertiary/aromatic N) is 7. The largest absolute Gasteiger partial charge is 0.382 e. The maximum Gasteiger partial charge on any atom is 0.252 e. The van der Waals surface area contributed by atoms with Crippen molar-refractivity contribution in [1.29, 1.82) is 0 Å². The van der Waals surface area contributed by atoms with Gasteiger partial charge in [0, 0.05) is 54.0 Å². The molecule has 0 spiro atoms. The summed E-state index contributed by atoms with van der Waals surface area (Å²) in [5, 5.41) is 9.11. The molecule has 2 aliphatic rings. The predicted octanol–water partition coefficient (Wildman–Crippen LogP) is 2.85. The van der Waals surface area contributed by atoms with Crippen molar-refractivity contribution >= 4 is 28.8 Å². The number of hydrogen-bond donors (Lipinski definition) is 1. The van der Waals surface area contributed by atoms with Crippen molar-refractivity contribution in [1.82, 2.24) is 29.3 Å². The molecule has 2 aliphatic heterocycles. The topological polar surface area (TPSA) is 124 Å². The van der Waals surface area contributed by atoms with E-state index in [1.54, 1.807) is 28.2 Å². The lowest BCUT2D eigenvalue weighted by Gasteiger charge is -2.45. The van der Waals surface area contributed by atoms with Crippen LogP contribution >= 0.6 is 0 Å². The Morgan fingerprint density at radius 1 is 1.10 bits per heavy atom. The lowest BCUT2D eigenvalue weighted by atomic mass is 9.89. The van der Waals surface area contributed by atoms with Crippen molar-refractivity contribution in [2.75, 3.05) is 36.9 Å². The highest BCUT2D eigenvalue weighted by molar-refractivity contribution is 6.03. The fourth-order valence-electron chi connectivity index (χ4n) is 5.67. The summed E-state index contributed by atoms with van der Waals surface area (Å²) in [5.74, 6) is 0.141. The Balaban J connectivity index is 1.38. The number of hydrogen-bond acceptors (Lipinski definition) is 7. The number of ether oxygens (including phenoxy) is 1. The molecule has 39 heavy (non-hydrogen) atoms. The smallest absolute Gasteiger partial charge is 0.252 e. The molecular formula is C28H32N8O3. The van der Waals surface area contributed by atoms with Gasteiger partial charge in [0.25, 0.3) is 5.91 Å². The zero-order chi connectivity index (χ0) is 27.5. The second kappa shape index (κ2) is 8.91. The predicted molar refractivity (Wildman–Crippen MR) is 147 cm³/mol. The van der Waals surface area contributed by atoms with E-state index in [-0.39, 0.29) is 17.2 Å². The number of carbonyl (C=O) groups excluding carboxylic acids is 2. The zero-order valence-corrected chi connectivity index (χ0v) is 22.6. The van der Waals surface area contributed by atoms with Gasteiger partial charge >= 0.3 is 0 Å². The fraction of sp³-hybridized carbons (Fsp3) is 0.393. The summed E-state index contributed by atoms with van der Waals surface area (Å²) in [6, 6.07) is 9.83. The van der Waals surface area contributed by atoms with E-state index < -0.39 is 5.54 Å². The first kappa shape index (κ1) is 25.1. The Hall–Kier alpha value is -4.25. The summed E-state index contributed by atoms with van der Waals surface area (Å²) >= 11 is 0. The number of amides is 2. The van der Waals surface area contributed by atoms with Gasteiger partial charge in [-0.2, -0.15) is 10.2 Å². The average Bonchev–Trinajstić information content (AvgIpc) is 3.50. The molecule has 4 aromatic rings. The van der Waals surface area contributed by atoms with Crippen LogP contribution in [0.3, 0.4) is 0 Å². The maximum atomic E-state index is 13.5. The molecule has 2 saturated heterocycles. The second-order valence-electron chi connectivity index (χ2n) is 11.3. The molecule has 0 radical (unpaired) electrons. The maximum absolute atomic E-state index is 13.5. The molecule has 202 valence electrons. The van der Waals surface area contributed by atoms with E-state index in [4.69, 9.17) is 10.5 Å². The van der Waals surface area contributed by atoms with Gasteiger partial charge in [0.1, 0.15) is 17.4 Å². The summed E-state index contributed by atoms with van der Waals surface area (Å²) in [6.45, 7) is 10.4. The van der Waals surface area contributed by atoms with Crippen molar-refractivity contribution in [3.8, 4) is 22.4 Å². The van der Waals surface area contributed by atoms with Crippen LogP contribution in [-0.2, 0) is 20.9 Å². The molecule has 11 heteroatoms. The summed E-state index contributed by atoms with van der Waals surface area (Å²) in [5.41, 5.74) is 10.4. The number of aromatic nitrogens is 5. The van der Waals surface area contributed by atoms with Crippen molar-refractivity contribution in [2.24, 2.45) is 5.41 Å². The van der Waals surface area contributed by atoms with Crippen LogP contribution in [0.2, 0.25) is 0 Å². The molecule has 1 aromatic carbocycles. The van der Waals surface area contributed by atoms with Gasteiger partial charge in [-0.1, -0.05) is 19.1 Å².